The van der Waals surface area contributed by atoms with Gasteiger partial charge in [-0.1, -0.05) is 0 Å². The van der Waals surface area contributed by atoms with Crippen LogP contribution in [0.1, 0.15) is 5.56 Å². The zero-order chi connectivity index (χ0) is 12.3. The number of rotatable bonds is 3. The quantitative estimate of drug-likeness (QED) is 0.798. The molecule has 3 N–H and O–H groups in total. The maximum absolute atomic E-state index is 12.3. The minimum atomic E-state index is -4.58. The lowest BCUT2D eigenvalue weighted by Gasteiger charge is -2.10. The molecule has 1 aromatic rings. The van der Waals surface area contributed by atoms with Gasteiger partial charge in [0.1, 0.15) is 11.6 Å². The number of hydrogen-bond donors (Lipinski definition) is 2. The second kappa shape index (κ2) is 4.50. The van der Waals surface area contributed by atoms with Crippen LogP contribution in [0.4, 0.5) is 33.6 Å². The second-order valence-corrected chi connectivity index (χ2v) is 2.94. The summed E-state index contributed by atoms with van der Waals surface area (Å²) in [6.45, 7) is -0.784. The summed E-state index contributed by atoms with van der Waals surface area (Å²) in [5, 5.41) is 2.06. The van der Waals surface area contributed by atoms with Crippen molar-refractivity contribution in [1.29, 1.82) is 0 Å². The molecule has 0 aliphatic heterocycles. The highest BCUT2D eigenvalue weighted by Gasteiger charge is 2.31. The molecule has 0 atom stereocenters. The second-order valence-electron chi connectivity index (χ2n) is 2.94. The van der Waals surface area contributed by atoms with E-state index >= 15 is 0 Å². The van der Waals surface area contributed by atoms with Gasteiger partial charge in [0.15, 0.2) is 0 Å². The monoisotopic (exact) mass is 241 g/mol. The number of nitrogens with one attached hydrogen (secondary N) is 1. The third kappa shape index (κ3) is 3.52. The van der Waals surface area contributed by atoms with Gasteiger partial charge < -0.3 is 11.1 Å². The van der Waals surface area contributed by atoms with Gasteiger partial charge in [0.25, 0.3) is 6.43 Å². The molecule has 0 aromatic carbocycles. The molecule has 0 spiro atoms. The smallest absolute Gasteiger partial charge is 0.384 e. The number of pyridine rings is 1. The summed E-state index contributed by atoms with van der Waals surface area (Å²) in [6, 6.07) is 1.26. The minimum absolute atomic E-state index is 0.326. The maximum Gasteiger partial charge on any atom is 0.416 e. The molecule has 3 nitrogen and oxygen atoms in total. The molecule has 16 heavy (non-hydrogen) atoms. The third-order valence-electron chi connectivity index (χ3n) is 1.61. The van der Waals surface area contributed by atoms with Gasteiger partial charge in [-0.25, -0.2) is 13.8 Å². The van der Waals surface area contributed by atoms with Crippen LogP contribution in [0.15, 0.2) is 12.1 Å². The van der Waals surface area contributed by atoms with Crippen molar-refractivity contribution in [1.82, 2.24) is 4.98 Å². The Bertz CT molecular complexity index is 363. The van der Waals surface area contributed by atoms with E-state index in [1.54, 1.807) is 0 Å². The van der Waals surface area contributed by atoms with Crippen LogP contribution in [0.25, 0.3) is 0 Å². The van der Waals surface area contributed by atoms with Gasteiger partial charge in [0.2, 0.25) is 0 Å². The number of halogens is 5. The molecule has 1 heterocycles. The lowest BCUT2D eigenvalue weighted by Crippen LogP contribution is -2.14. The zero-order valence-electron chi connectivity index (χ0n) is 7.85. The fraction of sp³-hybridized carbons (Fsp3) is 0.375. The van der Waals surface area contributed by atoms with Crippen LogP contribution in [0.5, 0.6) is 0 Å². The van der Waals surface area contributed by atoms with Crippen molar-refractivity contribution in [3.05, 3.63) is 17.7 Å². The Labute approximate surface area is 87.5 Å². The lowest BCUT2D eigenvalue weighted by molar-refractivity contribution is -0.137. The van der Waals surface area contributed by atoms with Crippen LogP contribution in [-0.2, 0) is 6.18 Å². The van der Waals surface area contributed by atoms with Gasteiger partial charge in [-0.15, -0.1) is 0 Å². The van der Waals surface area contributed by atoms with Crippen molar-refractivity contribution in [2.24, 2.45) is 0 Å². The largest absolute Gasteiger partial charge is 0.416 e. The minimum Gasteiger partial charge on any atom is -0.384 e. The van der Waals surface area contributed by atoms with Crippen LogP contribution >= 0.6 is 0 Å². The van der Waals surface area contributed by atoms with Crippen molar-refractivity contribution in [3.63, 3.8) is 0 Å². The number of nitrogens with two attached hydrogens (primary N) is 1. The standard InChI is InChI=1S/C8H8F5N3/c9-5(10)3-15-7-2-4(8(11,12)13)1-6(14)16-7/h1-2,5H,3H2,(H3,14,15,16). The van der Waals surface area contributed by atoms with Gasteiger partial charge in [0, 0.05) is 0 Å². The average molecular weight is 241 g/mol. The molecule has 0 saturated carbocycles. The highest BCUT2D eigenvalue weighted by molar-refractivity contribution is 5.47. The maximum atomic E-state index is 12.3. The Balaban J connectivity index is 2.90. The van der Waals surface area contributed by atoms with Crippen molar-refractivity contribution >= 4 is 11.6 Å². The van der Waals surface area contributed by atoms with Gasteiger partial charge in [-0.05, 0) is 12.1 Å². The molecule has 0 bridgehead atoms. The Hall–Kier alpha value is -1.60. The summed E-state index contributed by atoms with van der Waals surface area (Å²) in [5.74, 6) is -0.709. The number of aromatic nitrogens is 1. The lowest BCUT2D eigenvalue weighted by atomic mass is 10.2. The predicted molar refractivity (Wildman–Crippen MR) is 48.1 cm³/mol. The first-order valence-corrected chi connectivity index (χ1v) is 4.16. The predicted octanol–water partition coefficient (Wildman–Crippen LogP) is 2.36. The number of alkyl halides is 5. The summed E-state index contributed by atoms with van der Waals surface area (Å²) < 4.78 is 60.5. The summed E-state index contributed by atoms with van der Waals surface area (Å²) >= 11 is 0. The summed E-state index contributed by atoms with van der Waals surface area (Å²) in [6.07, 6.45) is -7.27. The molecular formula is C8H8F5N3. The topological polar surface area (TPSA) is 50.9 Å². The highest BCUT2D eigenvalue weighted by Crippen LogP contribution is 2.31. The molecule has 0 radical (unpaired) electrons. The Morgan fingerprint density at radius 3 is 2.44 bits per heavy atom. The first-order valence-electron chi connectivity index (χ1n) is 4.16. The van der Waals surface area contributed by atoms with E-state index in [0.29, 0.717) is 12.1 Å². The van der Waals surface area contributed by atoms with E-state index < -0.39 is 24.7 Å². The molecule has 0 unspecified atom stereocenters. The highest BCUT2D eigenvalue weighted by atomic mass is 19.4. The van der Waals surface area contributed by atoms with E-state index in [9.17, 15) is 22.0 Å². The zero-order valence-corrected chi connectivity index (χ0v) is 7.85. The Kier molecular flexibility index (Phi) is 3.51. The number of nitrogens with zero attached hydrogens (tertiary/aromatic N) is 1. The van der Waals surface area contributed by atoms with Crippen LogP contribution in [-0.4, -0.2) is 18.0 Å². The van der Waals surface area contributed by atoms with E-state index in [1.165, 1.54) is 0 Å². The van der Waals surface area contributed by atoms with E-state index in [1.807, 2.05) is 0 Å². The van der Waals surface area contributed by atoms with E-state index in [4.69, 9.17) is 5.73 Å². The number of hydrogen-bond acceptors (Lipinski definition) is 3. The summed E-state index contributed by atoms with van der Waals surface area (Å²) in [4.78, 5) is 3.45. The van der Waals surface area contributed by atoms with E-state index in [2.05, 4.69) is 10.3 Å². The first kappa shape index (κ1) is 12.5. The van der Waals surface area contributed by atoms with Gasteiger partial charge in [0.05, 0.1) is 12.1 Å². The van der Waals surface area contributed by atoms with Crippen molar-refractivity contribution in [2.75, 3.05) is 17.6 Å². The summed E-state index contributed by atoms with van der Waals surface area (Å²) in [7, 11) is 0. The van der Waals surface area contributed by atoms with Crippen molar-refractivity contribution in [3.8, 4) is 0 Å². The molecule has 0 aliphatic rings. The molecule has 0 saturated heterocycles. The molecule has 0 amide bonds. The summed E-state index contributed by atoms with van der Waals surface area (Å²) in [5.41, 5.74) is 4.09. The molecular weight excluding hydrogens is 233 g/mol. The van der Waals surface area contributed by atoms with Crippen LogP contribution in [0.2, 0.25) is 0 Å². The first-order chi connectivity index (χ1) is 7.29. The van der Waals surface area contributed by atoms with E-state index in [-0.39, 0.29) is 11.6 Å². The number of anilines is 2. The van der Waals surface area contributed by atoms with Gasteiger partial charge in [-0.3, -0.25) is 0 Å². The number of nitrogen functional groups attached to an aromatic ring is 1. The Morgan fingerprint density at radius 2 is 1.94 bits per heavy atom. The normalized spacial score (nSPS) is 11.9. The van der Waals surface area contributed by atoms with Gasteiger partial charge in [-0.2, -0.15) is 13.2 Å². The SMILES string of the molecule is Nc1cc(C(F)(F)F)cc(NCC(F)F)n1. The van der Waals surface area contributed by atoms with Crippen molar-refractivity contribution in [2.45, 2.75) is 12.6 Å². The van der Waals surface area contributed by atoms with Crippen molar-refractivity contribution < 1.29 is 22.0 Å². The molecule has 8 heteroatoms. The van der Waals surface area contributed by atoms with Crippen LogP contribution in [0, 0.1) is 0 Å². The van der Waals surface area contributed by atoms with Crippen LogP contribution in [0.3, 0.4) is 0 Å². The molecule has 1 rings (SSSR count). The molecule has 0 aliphatic carbocycles. The third-order valence-corrected chi connectivity index (χ3v) is 1.61. The fourth-order valence-electron chi connectivity index (χ4n) is 0.988. The average Bonchev–Trinajstić information content (AvgIpc) is 2.12. The van der Waals surface area contributed by atoms with E-state index in [0.717, 1.165) is 0 Å². The molecule has 0 fully saturated rings. The molecule has 90 valence electrons. The fourth-order valence-corrected chi connectivity index (χ4v) is 0.988. The Morgan fingerprint density at radius 1 is 1.31 bits per heavy atom. The molecule has 1 aromatic heterocycles. The van der Waals surface area contributed by atoms with Crippen LogP contribution < -0.4 is 11.1 Å². The van der Waals surface area contributed by atoms with Gasteiger partial charge >= 0.3 is 6.18 Å².